The van der Waals surface area contributed by atoms with E-state index in [0.717, 1.165) is 18.6 Å². The number of rotatable bonds is 5. The minimum atomic E-state index is 0.435. The number of furan rings is 1. The quantitative estimate of drug-likeness (QED) is 0.754. The Kier molecular flexibility index (Phi) is 3.62. The average Bonchev–Trinajstić information content (AvgIpc) is 2.94. The topological polar surface area (TPSA) is 52.1 Å². The molecule has 0 bridgehead atoms. The van der Waals surface area contributed by atoms with Crippen LogP contribution in [-0.2, 0) is 12.8 Å². The summed E-state index contributed by atoms with van der Waals surface area (Å²) in [6, 6.07) is 3.76. The Morgan fingerprint density at radius 2 is 2.12 bits per heavy atom. The molecule has 2 aromatic heterocycles. The molecule has 2 aromatic rings. The van der Waals surface area contributed by atoms with Gasteiger partial charge in [0.2, 0.25) is 5.89 Å². The summed E-state index contributed by atoms with van der Waals surface area (Å²) in [6.07, 6.45) is 2.40. The second-order valence-electron chi connectivity index (χ2n) is 3.41. The first kappa shape index (κ1) is 11.2. The zero-order valence-corrected chi connectivity index (χ0v) is 9.83. The highest BCUT2D eigenvalue weighted by molar-refractivity contribution is 6.17. The number of hydrogen-bond donors (Lipinski definition) is 0. The van der Waals surface area contributed by atoms with Crippen molar-refractivity contribution < 1.29 is 8.83 Å². The highest BCUT2D eigenvalue weighted by atomic mass is 35.5. The van der Waals surface area contributed by atoms with Gasteiger partial charge in [-0.15, -0.1) is 21.8 Å². The third kappa shape index (κ3) is 2.44. The molecule has 5 heteroatoms. The van der Waals surface area contributed by atoms with Gasteiger partial charge in [0.15, 0.2) is 5.76 Å². The Bertz CT molecular complexity index is 450. The Hall–Kier alpha value is -1.29. The summed E-state index contributed by atoms with van der Waals surface area (Å²) in [5.74, 6) is 3.17. The fraction of sp³-hybridized carbons (Fsp3) is 0.455. The van der Waals surface area contributed by atoms with Gasteiger partial charge >= 0.3 is 0 Å². The van der Waals surface area contributed by atoms with Crippen molar-refractivity contribution in [2.24, 2.45) is 0 Å². The van der Waals surface area contributed by atoms with Gasteiger partial charge in [0.1, 0.15) is 5.76 Å². The van der Waals surface area contributed by atoms with Gasteiger partial charge in [0.25, 0.3) is 5.89 Å². The summed E-state index contributed by atoms with van der Waals surface area (Å²) >= 11 is 5.59. The summed E-state index contributed by atoms with van der Waals surface area (Å²) in [6.45, 7) is 2.03. The van der Waals surface area contributed by atoms with E-state index in [1.54, 1.807) is 0 Å². The van der Waals surface area contributed by atoms with Crippen LogP contribution in [0.3, 0.4) is 0 Å². The summed E-state index contributed by atoms with van der Waals surface area (Å²) in [4.78, 5) is 0. The Labute approximate surface area is 98.6 Å². The SMILES string of the molecule is CCc1ccc(-c2nnc(CCCCl)o2)o1. The number of hydrogen-bond acceptors (Lipinski definition) is 4. The van der Waals surface area contributed by atoms with Crippen molar-refractivity contribution in [2.45, 2.75) is 26.2 Å². The van der Waals surface area contributed by atoms with Crippen LogP contribution in [0.25, 0.3) is 11.7 Å². The molecule has 16 heavy (non-hydrogen) atoms. The summed E-state index contributed by atoms with van der Waals surface area (Å²) < 4.78 is 11.0. The van der Waals surface area contributed by atoms with Crippen molar-refractivity contribution >= 4 is 11.6 Å². The summed E-state index contributed by atoms with van der Waals surface area (Å²) in [5, 5.41) is 7.86. The predicted molar refractivity (Wildman–Crippen MR) is 60.4 cm³/mol. The number of alkyl halides is 1. The number of aryl methyl sites for hydroxylation is 2. The molecular weight excluding hydrogens is 228 g/mol. The molecule has 0 saturated carbocycles. The molecule has 0 N–H and O–H groups in total. The predicted octanol–water partition coefficient (Wildman–Crippen LogP) is 3.06. The average molecular weight is 241 g/mol. The summed E-state index contributed by atoms with van der Waals surface area (Å²) in [5.41, 5.74) is 0. The molecule has 4 nitrogen and oxygen atoms in total. The van der Waals surface area contributed by atoms with Crippen LogP contribution in [0, 0.1) is 0 Å². The van der Waals surface area contributed by atoms with Gasteiger partial charge in [0, 0.05) is 18.7 Å². The van der Waals surface area contributed by atoms with E-state index in [4.69, 9.17) is 20.4 Å². The number of nitrogens with zero attached hydrogens (tertiary/aromatic N) is 2. The molecule has 0 aromatic carbocycles. The molecule has 0 saturated heterocycles. The molecule has 0 unspecified atom stereocenters. The monoisotopic (exact) mass is 240 g/mol. The maximum absolute atomic E-state index is 5.59. The zero-order chi connectivity index (χ0) is 11.4. The van der Waals surface area contributed by atoms with E-state index in [1.165, 1.54) is 0 Å². The van der Waals surface area contributed by atoms with Gasteiger partial charge in [-0.3, -0.25) is 0 Å². The lowest BCUT2D eigenvalue weighted by molar-refractivity contribution is 0.466. The van der Waals surface area contributed by atoms with Gasteiger partial charge in [-0.05, 0) is 18.6 Å². The van der Waals surface area contributed by atoms with Crippen molar-refractivity contribution in [1.29, 1.82) is 0 Å². The summed E-state index contributed by atoms with van der Waals surface area (Å²) in [7, 11) is 0. The minimum absolute atomic E-state index is 0.435. The minimum Gasteiger partial charge on any atom is -0.456 e. The van der Waals surface area contributed by atoms with Gasteiger partial charge in [0.05, 0.1) is 0 Å². The Balaban J connectivity index is 2.11. The lowest BCUT2D eigenvalue weighted by Crippen LogP contribution is -1.85. The Morgan fingerprint density at radius 3 is 2.81 bits per heavy atom. The van der Waals surface area contributed by atoms with Crippen molar-refractivity contribution in [3.63, 3.8) is 0 Å². The lowest BCUT2D eigenvalue weighted by Gasteiger charge is -1.90. The van der Waals surface area contributed by atoms with Crippen LogP contribution in [0.4, 0.5) is 0 Å². The molecule has 0 aliphatic carbocycles. The van der Waals surface area contributed by atoms with E-state index < -0.39 is 0 Å². The zero-order valence-electron chi connectivity index (χ0n) is 9.07. The molecule has 2 heterocycles. The van der Waals surface area contributed by atoms with Crippen LogP contribution >= 0.6 is 11.6 Å². The third-order valence-corrected chi connectivity index (χ3v) is 2.48. The fourth-order valence-corrected chi connectivity index (χ4v) is 1.49. The van der Waals surface area contributed by atoms with Gasteiger partial charge < -0.3 is 8.83 Å². The van der Waals surface area contributed by atoms with Crippen molar-refractivity contribution in [1.82, 2.24) is 10.2 Å². The van der Waals surface area contributed by atoms with E-state index in [-0.39, 0.29) is 0 Å². The van der Waals surface area contributed by atoms with Crippen LogP contribution in [0.5, 0.6) is 0 Å². The number of aromatic nitrogens is 2. The highest BCUT2D eigenvalue weighted by Gasteiger charge is 2.11. The van der Waals surface area contributed by atoms with E-state index in [1.807, 2.05) is 19.1 Å². The van der Waals surface area contributed by atoms with E-state index in [0.29, 0.717) is 29.8 Å². The molecule has 2 rings (SSSR count). The largest absolute Gasteiger partial charge is 0.456 e. The maximum atomic E-state index is 5.59. The molecule has 0 spiro atoms. The van der Waals surface area contributed by atoms with Crippen molar-refractivity contribution in [3.05, 3.63) is 23.8 Å². The first-order valence-electron chi connectivity index (χ1n) is 5.31. The first-order chi connectivity index (χ1) is 7.83. The molecule has 0 radical (unpaired) electrons. The van der Waals surface area contributed by atoms with Crippen LogP contribution in [0.15, 0.2) is 21.0 Å². The Morgan fingerprint density at radius 1 is 1.25 bits per heavy atom. The molecule has 0 fully saturated rings. The molecule has 0 atom stereocenters. The van der Waals surface area contributed by atoms with Gasteiger partial charge in [-0.2, -0.15) is 0 Å². The van der Waals surface area contributed by atoms with E-state index in [2.05, 4.69) is 10.2 Å². The third-order valence-electron chi connectivity index (χ3n) is 2.21. The fourth-order valence-electron chi connectivity index (χ4n) is 1.36. The van der Waals surface area contributed by atoms with Gasteiger partial charge in [-0.1, -0.05) is 6.92 Å². The normalized spacial score (nSPS) is 10.9. The highest BCUT2D eigenvalue weighted by Crippen LogP contribution is 2.21. The second-order valence-corrected chi connectivity index (χ2v) is 3.79. The first-order valence-corrected chi connectivity index (χ1v) is 5.84. The second kappa shape index (κ2) is 5.16. The van der Waals surface area contributed by atoms with Crippen LogP contribution < -0.4 is 0 Å². The van der Waals surface area contributed by atoms with Crippen molar-refractivity contribution in [2.75, 3.05) is 5.88 Å². The molecule has 0 aliphatic rings. The standard InChI is InChI=1S/C11H13ClN2O2/c1-2-8-5-6-9(15-8)11-14-13-10(16-11)4-3-7-12/h5-6H,2-4,7H2,1H3. The molecule has 0 amide bonds. The molecule has 0 aliphatic heterocycles. The number of halogens is 1. The molecule has 86 valence electrons. The van der Waals surface area contributed by atoms with Gasteiger partial charge in [-0.25, -0.2) is 0 Å². The van der Waals surface area contributed by atoms with E-state index in [9.17, 15) is 0 Å². The molecular formula is C11H13ClN2O2. The lowest BCUT2D eigenvalue weighted by atomic mass is 10.3. The van der Waals surface area contributed by atoms with Crippen LogP contribution in [0.2, 0.25) is 0 Å². The van der Waals surface area contributed by atoms with Crippen LogP contribution in [0.1, 0.15) is 25.0 Å². The van der Waals surface area contributed by atoms with E-state index >= 15 is 0 Å². The smallest absolute Gasteiger partial charge is 0.283 e. The maximum Gasteiger partial charge on any atom is 0.283 e. The van der Waals surface area contributed by atoms with Crippen molar-refractivity contribution in [3.8, 4) is 11.7 Å². The van der Waals surface area contributed by atoms with Crippen LogP contribution in [-0.4, -0.2) is 16.1 Å².